The number of aliphatic hydroxyl groups excluding tert-OH is 1. The summed E-state index contributed by atoms with van der Waals surface area (Å²) in [5.41, 5.74) is 1.71. The highest BCUT2D eigenvalue weighted by molar-refractivity contribution is 5.67. The van der Waals surface area contributed by atoms with Gasteiger partial charge in [-0.3, -0.25) is 4.79 Å². The van der Waals surface area contributed by atoms with E-state index in [1.807, 2.05) is 18.2 Å². The van der Waals surface area contributed by atoms with Gasteiger partial charge >= 0.3 is 5.97 Å². The van der Waals surface area contributed by atoms with E-state index < -0.39 is 12.1 Å². The maximum atomic E-state index is 10.3. The molecule has 0 bridgehead atoms. The molecule has 0 aliphatic heterocycles. The second-order valence-electron chi connectivity index (χ2n) is 3.66. The van der Waals surface area contributed by atoms with Gasteiger partial charge in [-0.15, -0.1) is 0 Å². The first-order valence-corrected chi connectivity index (χ1v) is 5.21. The molecule has 5 heteroatoms. The van der Waals surface area contributed by atoms with Crippen LogP contribution in [0, 0.1) is 11.3 Å². The zero-order valence-electron chi connectivity index (χ0n) is 9.26. The van der Waals surface area contributed by atoms with Gasteiger partial charge in [-0.05, 0) is 17.7 Å². The zero-order valence-corrected chi connectivity index (χ0v) is 9.26. The molecule has 0 heterocycles. The minimum Gasteiger partial charge on any atom is -0.481 e. The van der Waals surface area contributed by atoms with Gasteiger partial charge in [0.05, 0.1) is 25.0 Å². The quantitative estimate of drug-likeness (QED) is 0.682. The number of carboxylic acid groups (broad SMARTS) is 1. The fraction of sp³-hybridized carbons (Fsp3) is 0.333. The molecule has 0 aromatic heterocycles. The van der Waals surface area contributed by atoms with Crippen LogP contribution in [-0.2, 0) is 11.2 Å². The van der Waals surface area contributed by atoms with Gasteiger partial charge in [-0.1, -0.05) is 12.1 Å². The largest absolute Gasteiger partial charge is 0.481 e. The first kappa shape index (κ1) is 13.0. The lowest BCUT2D eigenvalue weighted by atomic mass is 10.1. The Morgan fingerprint density at radius 2 is 2.06 bits per heavy atom. The van der Waals surface area contributed by atoms with Crippen LogP contribution >= 0.6 is 0 Å². The predicted octanol–water partition coefficient (Wildman–Crippen LogP) is 1.00. The number of nitrogens with one attached hydrogen (secondary N) is 1. The van der Waals surface area contributed by atoms with Crippen LogP contribution in [0.4, 0.5) is 5.69 Å². The third-order valence-electron chi connectivity index (χ3n) is 2.19. The van der Waals surface area contributed by atoms with Gasteiger partial charge < -0.3 is 15.5 Å². The highest BCUT2D eigenvalue weighted by atomic mass is 16.4. The normalized spacial score (nSPS) is 11.5. The summed E-state index contributed by atoms with van der Waals surface area (Å²) in [7, 11) is 0. The number of aliphatic hydroxyl groups is 1. The molecule has 1 aromatic carbocycles. The summed E-state index contributed by atoms with van der Waals surface area (Å²) in [5.74, 6) is -1.02. The van der Waals surface area contributed by atoms with Crippen LogP contribution in [0.25, 0.3) is 0 Å². The number of hydrogen-bond donors (Lipinski definition) is 3. The van der Waals surface area contributed by atoms with Crippen molar-refractivity contribution in [3.05, 3.63) is 29.8 Å². The molecular formula is C12H14N2O3. The number of carbonyl (C=O) groups is 1. The Bertz CT molecular complexity index is 409. The molecule has 3 N–H and O–H groups in total. The number of nitriles is 1. The Morgan fingerprint density at radius 3 is 2.59 bits per heavy atom. The molecule has 0 spiro atoms. The second-order valence-corrected chi connectivity index (χ2v) is 3.66. The van der Waals surface area contributed by atoms with Crippen molar-refractivity contribution >= 4 is 11.7 Å². The third-order valence-corrected chi connectivity index (χ3v) is 2.19. The zero-order chi connectivity index (χ0) is 12.7. The van der Waals surface area contributed by atoms with E-state index in [0.717, 1.165) is 11.3 Å². The molecule has 5 nitrogen and oxygen atoms in total. The van der Waals surface area contributed by atoms with Crippen LogP contribution in [0.5, 0.6) is 0 Å². The van der Waals surface area contributed by atoms with E-state index in [2.05, 4.69) is 5.32 Å². The Labute approximate surface area is 99.3 Å². The van der Waals surface area contributed by atoms with E-state index in [4.69, 9.17) is 10.4 Å². The van der Waals surface area contributed by atoms with Crippen LogP contribution in [-0.4, -0.2) is 28.8 Å². The van der Waals surface area contributed by atoms with Crippen LogP contribution in [0.3, 0.4) is 0 Å². The summed E-state index contributed by atoms with van der Waals surface area (Å²) in [6, 6.07) is 9.26. The summed E-state index contributed by atoms with van der Waals surface area (Å²) >= 11 is 0. The molecule has 17 heavy (non-hydrogen) atoms. The minimum absolute atomic E-state index is 0.184. The smallest absolute Gasteiger partial charge is 0.306 e. The molecule has 1 unspecified atom stereocenters. The summed E-state index contributed by atoms with van der Waals surface area (Å²) in [5, 5.41) is 29.2. The summed E-state index contributed by atoms with van der Waals surface area (Å²) in [4.78, 5) is 10.3. The first-order valence-electron chi connectivity index (χ1n) is 5.21. The Balaban J connectivity index is 2.42. The SMILES string of the molecule is N#CCc1ccc(NCC(O)CC(=O)O)cc1. The Morgan fingerprint density at radius 1 is 1.41 bits per heavy atom. The van der Waals surface area contributed by atoms with Crippen molar-refractivity contribution in [2.45, 2.75) is 18.9 Å². The van der Waals surface area contributed by atoms with E-state index >= 15 is 0 Å². The van der Waals surface area contributed by atoms with Crippen molar-refractivity contribution in [1.82, 2.24) is 0 Å². The molecule has 90 valence electrons. The van der Waals surface area contributed by atoms with Crippen molar-refractivity contribution in [3.63, 3.8) is 0 Å². The first-order chi connectivity index (χ1) is 8.11. The number of nitrogens with zero attached hydrogens (tertiary/aromatic N) is 1. The van der Waals surface area contributed by atoms with Gasteiger partial charge in [-0.25, -0.2) is 0 Å². The van der Waals surface area contributed by atoms with Crippen LogP contribution < -0.4 is 5.32 Å². The van der Waals surface area contributed by atoms with E-state index in [0.29, 0.717) is 6.42 Å². The number of carboxylic acids is 1. The van der Waals surface area contributed by atoms with E-state index in [9.17, 15) is 9.90 Å². The standard InChI is InChI=1S/C12H14N2O3/c13-6-5-9-1-3-10(4-2-9)14-8-11(15)7-12(16)17/h1-4,11,14-15H,5,7-8H2,(H,16,17). The van der Waals surface area contributed by atoms with Gasteiger partial charge in [0.2, 0.25) is 0 Å². The molecule has 1 rings (SSSR count). The lowest BCUT2D eigenvalue weighted by Gasteiger charge is -2.10. The fourth-order valence-corrected chi connectivity index (χ4v) is 1.34. The molecule has 0 aliphatic carbocycles. The summed E-state index contributed by atoms with van der Waals surface area (Å²) in [6.07, 6.45) is -0.826. The molecule has 0 saturated carbocycles. The third kappa shape index (κ3) is 5.00. The average Bonchev–Trinajstić information content (AvgIpc) is 2.28. The lowest BCUT2D eigenvalue weighted by Crippen LogP contribution is -2.22. The highest BCUT2D eigenvalue weighted by Gasteiger charge is 2.08. The van der Waals surface area contributed by atoms with E-state index in [1.54, 1.807) is 12.1 Å². The Hall–Kier alpha value is -2.06. The molecular weight excluding hydrogens is 220 g/mol. The second kappa shape index (κ2) is 6.51. The van der Waals surface area contributed by atoms with Gasteiger partial charge in [0, 0.05) is 12.2 Å². The van der Waals surface area contributed by atoms with E-state index in [1.165, 1.54) is 0 Å². The van der Waals surface area contributed by atoms with Crippen LogP contribution in [0.15, 0.2) is 24.3 Å². The average molecular weight is 234 g/mol. The monoisotopic (exact) mass is 234 g/mol. The summed E-state index contributed by atoms with van der Waals surface area (Å²) in [6.45, 7) is 0.184. The minimum atomic E-state index is -1.02. The number of aliphatic carboxylic acids is 1. The molecule has 0 amide bonds. The fourth-order valence-electron chi connectivity index (χ4n) is 1.34. The molecule has 0 fully saturated rings. The van der Waals surface area contributed by atoms with E-state index in [-0.39, 0.29) is 13.0 Å². The van der Waals surface area contributed by atoms with Crippen molar-refractivity contribution in [1.29, 1.82) is 5.26 Å². The molecule has 0 aliphatic rings. The van der Waals surface area contributed by atoms with Crippen molar-refractivity contribution in [3.8, 4) is 6.07 Å². The number of rotatable bonds is 6. The van der Waals surface area contributed by atoms with Crippen LogP contribution in [0.1, 0.15) is 12.0 Å². The van der Waals surface area contributed by atoms with Crippen LogP contribution in [0.2, 0.25) is 0 Å². The van der Waals surface area contributed by atoms with Gasteiger partial charge in [0.1, 0.15) is 0 Å². The van der Waals surface area contributed by atoms with Gasteiger partial charge in [-0.2, -0.15) is 5.26 Å². The Kier molecular flexibility index (Phi) is 4.98. The molecule has 0 saturated heterocycles. The molecule has 0 radical (unpaired) electrons. The number of hydrogen-bond acceptors (Lipinski definition) is 4. The number of benzene rings is 1. The number of anilines is 1. The van der Waals surface area contributed by atoms with Crippen molar-refractivity contribution in [2.75, 3.05) is 11.9 Å². The molecule has 1 aromatic rings. The van der Waals surface area contributed by atoms with Crippen molar-refractivity contribution in [2.24, 2.45) is 0 Å². The highest BCUT2D eigenvalue weighted by Crippen LogP contribution is 2.10. The van der Waals surface area contributed by atoms with Gasteiger partial charge in [0.15, 0.2) is 0 Å². The van der Waals surface area contributed by atoms with Gasteiger partial charge in [0.25, 0.3) is 0 Å². The lowest BCUT2D eigenvalue weighted by molar-refractivity contribution is -0.138. The maximum Gasteiger partial charge on any atom is 0.306 e. The van der Waals surface area contributed by atoms with Crippen molar-refractivity contribution < 1.29 is 15.0 Å². The summed E-state index contributed by atoms with van der Waals surface area (Å²) < 4.78 is 0. The maximum absolute atomic E-state index is 10.3. The topological polar surface area (TPSA) is 93.4 Å². The molecule has 1 atom stereocenters. The predicted molar refractivity (Wildman–Crippen MR) is 62.5 cm³/mol.